The third-order valence-electron chi connectivity index (χ3n) is 2.06. The van der Waals surface area contributed by atoms with Crippen LogP contribution < -0.4 is 59.1 Å². The summed E-state index contributed by atoms with van der Waals surface area (Å²) in [6.07, 6.45) is -5.25. The second-order valence-corrected chi connectivity index (χ2v) is 8.21. The summed E-state index contributed by atoms with van der Waals surface area (Å²) < 4.78 is 41.2. The van der Waals surface area contributed by atoms with E-state index in [1.54, 1.807) is 0 Å². The van der Waals surface area contributed by atoms with Crippen LogP contribution >= 0.6 is 21.6 Å². The Morgan fingerprint density at radius 1 is 0.727 bits per heavy atom. The van der Waals surface area contributed by atoms with Gasteiger partial charge in [-0.25, -0.2) is 0 Å². The molecule has 0 fully saturated rings. The maximum atomic E-state index is 10.3. The third-order valence-corrected chi connectivity index (χ3v) is 5.73. The molecule has 14 heteroatoms. The fourth-order valence-corrected chi connectivity index (χ4v) is 4.29. The Bertz CT molecular complexity index is 297. The van der Waals surface area contributed by atoms with Gasteiger partial charge in [0.1, 0.15) is 0 Å². The van der Waals surface area contributed by atoms with Gasteiger partial charge in [-0.2, -0.15) is 0 Å². The molecule has 0 aliphatic rings. The summed E-state index contributed by atoms with van der Waals surface area (Å²) in [5.41, 5.74) is 0. The monoisotopic (exact) mass is 414 g/mol. The van der Waals surface area contributed by atoms with E-state index in [-0.39, 0.29) is 70.6 Å². The number of rotatable bonds is 11. The number of aliphatic hydroxyl groups is 4. The van der Waals surface area contributed by atoms with Crippen LogP contribution in [0.25, 0.3) is 0 Å². The van der Waals surface area contributed by atoms with Crippen molar-refractivity contribution in [1.82, 2.24) is 0 Å². The SMILES string of the molecule is O=S([O-])C[C@H](O)[C@@H](O)CSSC[C@H](O)[C@@H](O)CS(=O)[O-].[Na+].[Na+]. The molecule has 0 saturated heterocycles. The molecule has 4 N–H and O–H groups in total. The summed E-state index contributed by atoms with van der Waals surface area (Å²) >= 11 is -4.90. The molecule has 0 aliphatic carbocycles. The molecule has 0 saturated carbocycles. The van der Waals surface area contributed by atoms with Gasteiger partial charge in [0.05, 0.1) is 24.4 Å². The van der Waals surface area contributed by atoms with Crippen molar-refractivity contribution >= 4 is 43.7 Å². The van der Waals surface area contributed by atoms with Crippen molar-refractivity contribution in [1.29, 1.82) is 0 Å². The van der Waals surface area contributed by atoms with Crippen molar-refractivity contribution in [2.45, 2.75) is 24.4 Å². The van der Waals surface area contributed by atoms with Crippen molar-refractivity contribution in [3.63, 3.8) is 0 Å². The molecule has 122 valence electrons. The molecule has 2 unspecified atom stereocenters. The molecule has 0 heterocycles. The zero-order chi connectivity index (χ0) is 15.7. The molecule has 0 radical (unpaired) electrons. The van der Waals surface area contributed by atoms with Crippen LogP contribution in [0.2, 0.25) is 0 Å². The summed E-state index contributed by atoms with van der Waals surface area (Å²) in [6.45, 7) is 0. The number of hydrogen-bond acceptors (Lipinski definition) is 10. The summed E-state index contributed by atoms with van der Waals surface area (Å²) in [5, 5.41) is 37.3. The molecular weight excluding hydrogens is 398 g/mol. The quantitative estimate of drug-likeness (QED) is 0.111. The van der Waals surface area contributed by atoms with Crippen LogP contribution in [0.3, 0.4) is 0 Å². The average molecular weight is 414 g/mol. The molecule has 0 aromatic carbocycles. The minimum Gasteiger partial charge on any atom is -0.772 e. The topological polar surface area (TPSA) is 161 Å². The van der Waals surface area contributed by atoms with Crippen molar-refractivity contribution in [2.24, 2.45) is 0 Å². The Kier molecular flexibility index (Phi) is 23.1. The normalized spacial score (nSPS) is 19.0. The van der Waals surface area contributed by atoms with E-state index >= 15 is 0 Å². The summed E-state index contributed by atoms with van der Waals surface area (Å²) in [5.74, 6) is -1.08. The summed E-state index contributed by atoms with van der Waals surface area (Å²) in [6, 6.07) is 0. The van der Waals surface area contributed by atoms with E-state index in [2.05, 4.69) is 0 Å². The van der Waals surface area contributed by atoms with Gasteiger partial charge in [-0.3, -0.25) is 8.42 Å². The molecule has 0 aromatic rings. The molecule has 8 nitrogen and oxygen atoms in total. The van der Waals surface area contributed by atoms with Gasteiger partial charge in [-0.15, -0.1) is 0 Å². The predicted molar refractivity (Wildman–Crippen MR) is 76.5 cm³/mol. The minimum atomic E-state index is -2.45. The Hall–Kier alpha value is 2.76. The molecule has 0 bridgehead atoms. The fourth-order valence-electron chi connectivity index (χ4n) is 0.959. The van der Waals surface area contributed by atoms with Gasteiger partial charge >= 0.3 is 59.1 Å². The molecule has 0 spiro atoms. The second-order valence-electron chi connectivity index (χ2n) is 3.78. The zero-order valence-electron chi connectivity index (χ0n) is 12.2. The van der Waals surface area contributed by atoms with E-state index in [9.17, 15) is 37.9 Å². The van der Waals surface area contributed by atoms with Crippen LogP contribution in [0, 0.1) is 0 Å². The fraction of sp³-hybridized carbons (Fsp3) is 1.00. The Labute approximate surface area is 186 Å². The third kappa shape index (κ3) is 16.2. The Morgan fingerprint density at radius 2 is 1.00 bits per heavy atom. The van der Waals surface area contributed by atoms with Gasteiger partial charge in [0.15, 0.2) is 0 Å². The van der Waals surface area contributed by atoms with E-state index in [0.717, 1.165) is 21.6 Å². The molecular formula is C8H16Na2O8S4. The van der Waals surface area contributed by atoms with Crippen molar-refractivity contribution in [3.8, 4) is 0 Å². The standard InChI is InChI=1S/C8H18O8S4.2Na/c9-5(7(11)3-19(13)14)1-17-18-2-6(10)8(12)4-20(15)16;;/h5-12H,1-4H2,(H,13,14)(H,15,16);;/q;2*+1/p-2/t5-,6-,7-,8-;;/m0../s1. The van der Waals surface area contributed by atoms with Gasteiger partial charge in [-0.1, -0.05) is 43.7 Å². The van der Waals surface area contributed by atoms with Crippen molar-refractivity contribution < 1.29 is 97.1 Å². The second kappa shape index (κ2) is 17.2. The first-order chi connectivity index (χ1) is 9.23. The van der Waals surface area contributed by atoms with Crippen LogP contribution in [0.5, 0.6) is 0 Å². The van der Waals surface area contributed by atoms with Crippen molar-refractivity contribution in [2.75, 3.05) is 23.0 Å². The van der Waals surface area contributed by atoms with E-state index in [4.69, 9.17) is 0 Å². The van der Waals surface area contributed by atoms with Crippen LogP contribution in [0.4, 0.5) is 0 Å². The first kappa shape index (κ1) is 29.5. The number of hydrogen-bond donors (Lipinski definition) is 4. The summed E-state index contributed by atoms with van der Waals surface area (Å²) in [7, 11) is 2.12. The van der Waals surface area contributed by atoms with Gasteiger partial charge in [0, 0.05) is 23.0 Å². The molecule has 22 heavy (non-hydrogen) atoms. The van der Waals surface area contributed by atoms with E-state index in [0.29, 0.717) is 0 Å². The van der Waals surface area contributed by atoms with E-state index in [1.165, 1.54) is 0 Å². The number of aliphatic hydroxyl groups excluding tert-OH is 4. The van der Waals surface area contributed by atoms with Gasteiger partial charge in [0.25, 0.3) is 0 Å². The predicted octanol–water partition coefficient (Wildman–Crippen LogP) is -8.42. The maximum Gasteiger partial charge on any atom is 1.00 e. The van der Waals surface area contributed by atoms with E-state index < -0.39 is 58.1 Å². The van der Waals surface area contributed by atoms with Gasteiger partial charge in [-0.05, 0) is 0 Å². The van der Waals surface area contributed by atoms with E-state index in [1.807, 2.05) is 0 Å². The van der Waals surface area contributed by atoms with Crippen LogP contribution in [-0.4, -0.2) is 85.4 Å². The molecule has 0 aliphatic heterocycles. The first-order valence-corrected chi connectivity index (χ1v) is 10.3. The summed E-state index contributed by atoms with van der Waals surface area (Å²) in [4.78, 5) is 0. The Morgan fingerprint density at radius 3 is 1.23 bits per heavy atom. The van der Waals surface area contributed by atoms with Crippen molar-refractivity contribution in [3.05, 3.63) is 0 Å². The first-order valence-electron chi connectivity index (χ1n) is 5.32. The zero-order valence-corrected chi connectivity index (χ0v) is 19.5. The smallest absolute Gasteiger partial charge is 0.772 e. The molecule has 6 atom stereocenters. The molecule has 0 amide bonds. The van der Waals surface area contributed by atoms with Crippen LogP contribution in [-0.2, 0) is 22.2 Å². The Balaban J connectivity index is -0.00000180. The van der Waals surface area contributed by atoms with Gasteiger partial charge < -0.3 is 29.5 Å². The minimum absolute atomic E-state index is 0. The van der Waals surface area contributed by atoms with Crippen LogP contribution in [0.15, 0.2) is 0 Å². The average Bonchev–Trinajstić information content (AvgIpc) is 2.32. The molecule has 0 aromatic heterocycles. The molecule has 0 rings (SSSR count). The maximum absolute atomic E-state index is 10.3. The van der Waals surface area contributed by atoms with Gasteiger partial charge in [0.2, 0.25) is 0 Å². The van der Waals surface area contributed by atoms with Crippen LogP contribution in [0.1, 0.15) is 0 Å². The largest absolute Gasteiger partial charge is 1.00 e.